The summed E-state index contributed by atoms with van der Waals surface area (Å²) in [5.41, 5.74) is 0.225. The molecule has 0 spiro atoms. The standard InChI is InChI=1S/C16H22F2N2/c17-15-4-1-5-16(18)14(15)11-20(13-6-7-13)10-12-3-2-8-19-9-12/h1,4-5,12-13,19H,2-3,6-11H2. The molecule has 0 radical (unpaired) electrons. The molecule has 0 amide bonds. The molecule has 1 unspecified atom stereocenters. The fraction of sp³-hybridized carbons (Fsp3) is 0.625. The van der Waals surface area contributed by atoms with Crippen LogP contribution in [-0.4, -0.2) is 30.6 Å². The summed E-state index contributed by atoms with van der Waals surface area (Å²) in [5.74, 6) is -0.228. The van der Waals surface area contributed by atoms with Crippen molar-refractivity contribution in [2.75, 3.05) is 19.6 Å². The number of benzene rings is 1. The highest BCUT2D eigenvalue weighted by atomic mass is 19.1. The van der Waals surface area contributed by atoms with Crippen molar-refractivity contribution in [3.8, 4) is 0 Å². The molecule has 20 heavy (non-hydrogen) atoms. The van der Waals surface area contributed by atoms with Crippen molar-refractivity contribution < 1.29 is 8.78 Å². The maximum atomic E-state index is 13.8. The zero-order chi connectivity index (χ0) is 13.9. The summed E-state index contributed by atoms with van der Waals surface area (Å²) in [5, 5.41) is 3.41. The maximum Gasteiger partial charge on any atom is 0.130 e. The van der Waals surface area contributed by atoms with Gasteiger partial charge in [0.05, 0.1) is 0 Å². The number of nitrogens with one attached hydrogen (secondary N) is 1. The largest absolute Gasteiger partial charge is 0.316 e. The minimum atomic E-state index is -0.419. The molecule has 3 rings (SSSR count). The quantitative estimate of drug-likeness (QED) is 0.892. The fourth-order valence-electron chi connectivity index (χ4n) is 3.08. The monoisotopic (exact) mass is 280 g/mol. The lowest BCUT2D eigenvalue weighted by Gasteiger charge is -2.30. The van der Waals surface area contributed by atoms with E-state index in [1.807, 2.05) is 0 Å². The second-order valence-electron chi connectivity index (χ2n) is 6.07. The van der Waals surface area contributed by atoms with Crippen molar-refractivity contribution in [1.29, 1.82) is 0 Å². The molecule has 1 aliphatic carbocycles. The number of hydrogen-bond acceptors (Lipinski definition) is 2. The Morgan fingerprint density at radius 3 is 2.50 bits per heavy atom. The number of nitrogens with zero attached hydrogens (tertiary/aromatic N) is 1. The highest BCUT2D eigenvalue weighted by molar-refractivity contribution is 5.20. The lowest BCUT2D eigenvalue weighted by molar-refractivity contribution is 0.188. The maximum absolute atomic E-state index is 13.8. The Morgan fingerprint density at radius 2 is 1.90 bits per heavy atom. The van der Waals surface area contributed by atoms with Crippen LogP contribution < -0.4 is 5.32 Å². The molecule has 1 atom stereocenters. The molecule has 4 heteroatoms. The van der Waals surface area contributed by atoms with Crippen LogP contribution in [-0.2, 0) is 6.54 Å². The zero-order valence-electron chi connectivity index (χ0n) is 11.7. The molecule has 110 valence electrons. The summed E-state index contributed by atoms with van der Waals surface area (Å²) in [6, 6.07) is 4.66. The van der Waals surface area contributed by atoms with E-state index in [0.717, 1.165) is 32.5 Å². The highest BCUT2D eigenvalue weighted by Gasteiger charge is 2.31. The SMILES string of the molecule is Fc1cccc(F)c1CN(CC1CCCNC1)C1CC1. The topological polar surface area (TPSA) is 15.3 Å². The van der Waals surface area contributed by atoms with Crippen LogP contribution in [0.2, 0.25) is 0 Å². The van der Waals surface area contributed by atoms with Gasteiger partial charge in [-0.2, -0.15) is 0 Å². The minimum absolute atomic E-state index is 0.225. The van der Waals surface area contributed by atoms with Gasteiger partial charge >= 0.3 is 0 Å². The summed E-state index contributed by atoms with van der Waals surface area (Å²) in [4.78, 5) is 2.28. The minimum Gasteiger partial charge on any atom is -0.316 e. The van der Waals surface area contributed by atoms with Crippen molar-refractivity contribution in [2.24, 2.45) is 5.92 Å². The van der Waals surface area contributed by atoms with E-state index >= 15 is 0 Å². The molecule has 1 saturated carbocycles. The average Bonchev–Trinajstić information content (AvgIpc) is 3.27. The van der Waals surface area contributed by atoms with Gasteiger partial charge in [0.15, 0.2) is 0 Å². The molecule has 1 N–H and O–H groups in total. The van der Waals surface area contributed by atoms with Crippen molar-refractivity contribution >= 4 is 0 Å². The van der Waals surface area contributed by atoms with Gasteiger partial charge in [-0.05, 0) is 56.8 Å². The second-order valence-corrected chi connectivity index (χ2v) is 6.07. The Balaban J connectivity index is 1.68. The summed E-state index contributed by atoms with van der Waals surface area (Å²) in [6.45, 7) is 3.48. The van der Waals surface area contributed by atoms with E-state index < -0.39 is 11.6 Å². The van der Waals surface area contributed by atoms with Gasteiger partial charge in [0.2, 0.25) is 0 Å². The van der Waals surface area contributed by atoms with Gasteiger partial charge in [-0.1, -0.05) is 6.07 Å². The smallest absolute Gasteiger partial charge is 0.130 e. The Kier molecular flexibility index (Phi) is 4.32. The Morgan fingerprint density at radius 1 is 1.15 bits per heavy atom. The van der Waals surface area contributed by atoms with Gasteiger partial charge in [0.1, 0.15) is 11.6 Å². The molecule has 2 nitrogen and oxygen atoms in total. The van der Waals surface area contributed by atoms with Crippen LogP contribution in [0, 0.1) is 17.6 Å². The summed E-state index contributed by atoms with van der Waals surface area (Å²) in [7, 11) is 0. The van der Waals surface area contributed by atoms with E-state index in [1.165, 1.54) is 31.0 Å². The number of rotatable bonds is 5. The first-order valence-corrected chi connectivity index (χ1v) is 7.61. The molecule has 2 fully saturated rings. The van der Waals surface area contributed by atoms with E-state index in [1.54, 1.807) is 0 Å². The van der Waals surface area contributed by atoms with E-state index in [2.05, 4.69) is 10.2 Å². The molecular weight excluding hydrogens is 258 g/mol. The zero-order valence-corrected chi connectivity index (χ0v) is 11.7. The number of hydrogen-bond donors (Lipinski definition) is 1. The predicted molar refractivity (Wildman–Crippen MR) is 75.4 cm³/mol. The molecule has 1 aromatic rings. The van der Waals surface area contributed by atoms with E-state index in [0.29, 0.717) is 18.5 Å². The van der Waals surface area contributed by atoms with Gasteiger partial charge < -0.3 is 5.32 Å². The molecule has 1 saturated heterocycles. The Bertz CT molecular complexity index is 434. The fourth-order valence-corrected chi connectivity index (χ4v) is 3.08. The van der Waals surface area contributed by atoms with Gasteiger partial charge in [0, 0.05) is 24.7 Å². The number of piperidine rings is 1. The number of halogens is 2. The van der Waals surface area contributed by atoms with Gasteiger partial charge in [-0.3, -0.25) is 4.90 Å². The van der Waals surface area contributed by atoms with Crippen molar-refractivity contribution in [3.63, 3.8) is 0 Å². The van der Waals surface area contributed by atoms with Crippen LogP contribution in [0.3, 0.4) is 0 Å². The summed E-state index contributed by atoms with van der Waals surface area (Å²) < 4.78 is 27.6. The van der Waals surface area contributed by atoms with Crippen molar-refractivity contribution in [2.45, 2.75) is 38.3 Å². The highest BCUT2D eigenvalue weighted by Crippen LogP contribution is 2.30. The van der Waals surface area contributed by atoms with Crippen LogP contribution in [0.1, 0.15) is 31.2 Å². The van der Waals surface area contributed by atoms with Crippen LogP contribution in [0.4, 0.5) is 8.78 Å². The second kappa shape index (κ2) is 6.19. The van der Waals surface area contributed by atoms with Crippen LogP contribution in [0.15, 0.2) is 18.2 Å². The first-order chi connectivity index (χ1) is 9.74. The Labute approximate surface area is 119 Å². The van der Waals surface area contributed by atoms with Crippen LogP contribution in [0.5, 0.6) is 0 Å². The van der Waals surface area contributed by atoms with Crippen molar-refractivity contribution in [1.82, 2.24) is 10.2 Å². The predicted octanol–water partition coefficient (Wildman–Crippen LogP) is 2.93. The third-order valence-corrected chi connectivity index (χ3v) is 4.38. The van der Waals surface area contributed by atoms with Gasteiger partial charge in [-0.25, -0.2) is 8.78 Å². The third kappa shape index (κ3) is 3.36. The van der Waals surface area contributed by atoms with Crippen molar-refractivity contribution in [3.05, 3.63) is 35.4 Å². The van der Waals surface area contributed by atoms with E-state index in [9.17, 15) is 8.78 Å². The molecule has 2 aliphatic rings. The molecule has 0 bridgehead atoms. The first kappa shape index (κ1) is 14.0. The lowest BCUT2D eigenvalue weighted by Crippen LogP contribution is -2.39. The summed E-state index contributed by atoms with van der Waals surface area (Å²) in [6.07, 6.45) is 4.75. The van der Waals surface area contributed by atoms with Gasteiger partial charge in [-0.15, -0.1) is 0 Å². The first-order valence-electron chi connectivity index (χ1n) is 7.61. The van der Waals surface area contributed by atoms with E-state index in [-0.39, 0.29) is 5.56 Å². The molecular formula is C16H22F2N2. The normalized spacial score (nSPS) is 23.2. The molecule has 1 aliphatic heterocycles. The summed E-state index contributed by atoms with van der Waals surface area (Å²) >= 11 is 0. The Hall–Kier alpha value is -1.00. The molecule has 0 aromatic heterocycles. The molecule has 1 heterocycles. The average molecular weight is 280 g/mol. The molecule has 1 aromatic carbocycles. The third-order valence-electron chi connectivity index (χ3n) is 4.38. The van der Waals surface area contributed by atoms with Gasteiger partial charge in [0.25, 0.3) is 0 Å². The van der Waals surface area contributed by atoms with Crippen LogP contribution in [0.25, 0.3) is 0 Å². The van der Waals surface area contributed by atoms with E-state index in [4.69, 9.17) is 0 Å². The van der Waals surface area contributed by atoms with Crippen LogP contribution >= 0.6 is 0 Å². The lowest BCUT2D eigenvalue weighted by atomic mass is 9.98.